The second kappa shape index (κ2) is 6.74. The van der Waals surface area contributed by atoms with Crippen molar-refractivity contribution in [2.75, 3.05) is 5.32 Å². The zero-order valence-electron chi connectivity index (χ0n) is 9.85. The Morgan fingerprint density at radius 1 is 1.42 bits per heavy atom. The molecule has 0 aliphatic carbocycles. The summed E-state index contributed by atoms with van der Waals surface area (Å²) in [6.45, 7) is 1.28. The molecule has 0 aromatic heterocycles. The van der Waals surface area contributed by atoms with Gasteiger partial charge in [0.2, 0.25) is 0 Å². The molecule has 0 heterocycles. The van der Waals surface area contributed by atoms with Crippen LogP contribution >= 0.6 is 27.5 Å². The van der Waals surface area contributed by atoms with E-state index in [1.807, 2.05) is 0 Å². The molecule has 0 radical (unpaired) electrons. The summed E-state index contributed by atoms with van der Waals surface area (Å²) in [5.41, 5.74) is 0.434. The molecule has 104 valence electrons. The van der Waals surface area contributed by atoms with Gasteiger partial charge in [0.15, 0.2) is 6.04 Å². The summed E-state index contributed by atoms with van der Waals surface area (Å²) < 4.78 is 0.595. The van der Waals surface area contributed by atoms with Crippen molar-refractivity contribution in [3.05, 3.63) is 27.7 Å². The van der Waals surface area contributed by atoms with Crippen molar-refractivity contribution in [3.8, 4) is 0 Å². The highest BCUT2D eigenvalue weighted by Crippen LogP contribution is 2.25. The summed E-state index contributed by atoms with van der Waals surface area (Å²) in [4.78, 5) is 22.4. The number of carboxylic acid groups (broad SMARTS) is 1. The standard InChI is InChI=1S/C11H12BrClN2O4/c1-5(16)9(10(17)18)15-11(19)14-6-2-3-8(13)7(12)4-6/h2-5,9,16H,1H3,(H,17,18)(H2,14,15,19)/t5-,9+/m1/s1. The van der Waals surface area contributed by atoms with Crippen molar-refractivity contribution in [2.45, 2.75) is 19.1 Å². The summed E-state index contributed by atoms with van der Waals surface area (Å²) in [5, 5.41) is 23.1. The third-order valence-electron chi connectivity index (χ3n) is 2.21. The third-order valence-corrected chi connectivity index (χ3v) is 3.43. The van der Waals surface area contributed by atoms with Crippen LogP contribution in [0.3, 0.4) is 0 Å². The first-order chi connectivity index (χ1) is 8.81. The Hall–Kier alpha value is -1.31. The van der Waals surface area contributed by atoms with E-state index in [2.05, 4.69) is 26.6 Å². The van der Waals surface area contributed by atoms with Gasteiger partial charge in [-0.15, -0.1) is 0 Å². The summed E-state index contributed by atoms with van der Waals surface area (Å²) in [7, 11) is 0. The average Bonchev–Trinajstić information content (AvgIpc) is 2.30. The molecule has 0 aliphatic heterocycles. The van der Waals surface area contributed by atoms with Gasteiger partial charge in [-0.05, 0) is 41.1 Å². The number of benzene rings is 1. The number of nitrogens with one attached hydrogen (secondary N) is 2. The number of amides is 2. The minimum atomic E-state index is -1.38. The first-order valence-electron chi connectivity index (χ1n) is 5.24. The molecule has 0 spiro atoms. The van der Waals surface area contributed by atoms with Gasteiger partial charge in [0.25, 0.3) is 0 Å². The van der Waals surface area contributed by atoms with Gasteiger partial charge in [-0.1, -0.05) is 11.6 Å². The maximum atomic E-state index is 11.6. The predicted molar refractivity (Wildman–Crippen MR) is 74.4 cm³/mol. The van der Waals surface area contributed by atoms with Crippen LogP contribution in [0.25, 0.3) is 0 Å². The minimum absolute atomic E-state index is 0.434. The van der Waals surface area contributed by atoms with E-state index in [0.29, 0.717) is 15.2 Å². The molecule has 0 unspecified atom stereocenters. The fourth-order valence-corrected chi connectivity index (χ4v) is 1.77. The maximum absolute atomic E-state index is 11.6. The van der Waals surface area contributed by atoms with E-state index in [9.17, 15) is 14.7 Å². The van der Waals surface area contributed by atoms with Crippen molar-refractivity contribution < 1.29 is 19.8 Å². The van der Waals surface area contributed by atoms with Gasteiger partial charge >= 0.3 is 12.0 Å². The lowest BCUT2D eigenvalue weighted by Crippen LogP contribution is -2.49. The zero-order valence-corrected chi connectivity index (χ0v) is 12.2. The summed E-state index contributed by atoms with van der Waals surface area (Å²) in [5.74, 6) is -1.32. The molecule has 0 fully saturated rings. The number of aliphatic hydroxyl groups excluding tert-OH is 1. The average molecular weight is 352 g/mol. The van der Waals surface area contributed by atoms with Crippen LogP contribution in [0, 0.1) is 0 Å². The quantitative estimate of drug-likeness (QED) is 0.667. The van der Waals surface area contributed by atoms with E-state index in [0.717, 1.165) is 0 Å². The SMILES string of the molecule is C[C@@H](O)[C@H](NC(=O)Nc1ccc(Cl)c(Br)c1)C(=O)O. The van der Waals surface area contributed by atoms with E-state index in [1.165, 1.54) is 6.92 Å². The Labute approximate surface area is 122 Å². The molecule has 2 atom stereocenters. The zero-order chi connectivity index (χ0) is 14.6. The lowest BCUT2D eigenvalue weighted by Gasteiger charge is -2.17. The highest BCUT2D eigenvalue weighted by Gasteiger charge is 2.24. The lowest BCUT2D eigenvalue weighted by molar-refractivity contribution is -0.141. The lowest BCUT2D eigenvalue weighted by atomic mass is 10.2. The van der Waals surface area contributed by atoms with Gasteiger partial charge in [-0.3, -0.25) is 0 Å². The number of carbonyl (C=O) groups is 2. The molecule has 6 nitrogen and oxygen atoms in total. The van der Waals surface area contributed by atoms with E-state index in [4.69, 9.17) is 16.7 Å². The molecule has 0 saturated heterocycles. The van der Waals surface area contributed by atoms with E-state index >= 15 is 0 Å². The van der Waals surface area contributed by atoms with Gasteiger partial charge in [0.05, 0.1) is 11.1 Å². The molecule has 4 N–H and O–H groups in total. The van der Waals surface area contributed by atoms with Crippen LogP contribution in [0.15, 0.2) is 22.7 Å². The minimum Gasteiger partial charge on any atom is -0.480 e. The Morgan fingerprint density at radius 3 is 2.53 bits per heavy atom. The number of rotatable bonds is 4. The van der Waals surface area contributed by atoms with Crippen LogP contribution in [-0.4, -0.2) is 34.4 Å². The van der Waals surface area contributed by atoms with Crippen LogP contribution in [0.5, 0.6) is 0 Å². The number of carboxylic acids is 1. The van der Waals surface area contributed by atoms with Crippen molar-refractivity contribution in [1.82, 2.24) is 5.32 Å². The number of urea groups is 1. The van der Waals surface area contributed by atoms with Crippen LogP contribution in [-0.2, 0) is 4.79 Å². The number of hydrogen-bond acceptors (Lipinski definition) is 3. The molecular weight excluding hydrogens is 339 g/mol. The second-order valence-electron chi connectivity index (χ2n) is 3.78. The molecular formula is C11H12BrClN2O4. The molecule has 8 heteroatoms. The molecule has 0 bridgehead atoms. The molecule has 1 aromatic carbocycles. The van der Waals surface area contributed by atoms with Crippen LogP contribution < -0.4 is 10.6 Å². The highest BCUT2D eigenvalue weighted by atomic mass is 79.9. The van der Waals surface area contributed by atoms with Gasteiger partial charge in [-0.2, -0.15) is 0 Å². The van der Waals surface area contributed by atoms with Gasteiger partial charge in [-0.25, -0.2) is 9.59 Å². The highest BCUT2D eigenvalue weighted by molar-refractivity contribution is 9.10. The number of aliphatic hydroxyl groups is 1. The first-order valence-corrected chi connectivity index (χ1v) is 6.42. The van der Waals surface area contributed by atoms with Crippen molar-refractivity contribution in [2.24, 2.45) is 0 Å². The first kappa shape index (κ1) is 15.7. The Bertz CT molecular complexity index is 496. The number of carbonyl (C=O) groups excluding carboxylic acids is 1. The second-order valence-corrected chi connectivity index (χ2v) is 5.05. The van der Waals surface area contributed by atoms with Gasteiger partial charge < -0.3 is 20.8 Å². The van der Waals surface area contributed by atoms with E-state index in [1.54, 1.807) is 18.2 Å². The number of anilines is 1. The monoisotopic (exact) mass is 350 g/mol. The largest absolute Gasteiger partial charge is 0.480 e. The van der Waals surface area contributed by atoms with Crippen molar-refractivity contribution in [3.63, 3.8) is 0 Å². The fourth-order valence-electron chi connectivity index (χ4n) is 1.27. The molecule has 0 aliphatic rings. The van der Waals surface area contributed by atoms with Gasteiger partial charge in [0, 0.05) is 10.2 Å². The molecule has 19 heavy (non-hydrogen) atoms. The smallest absolute Gasteiger partial charge is 0.328 e. The number of hydrogen-bond donors (Lipinski definition) is 4. The van der Waals surface area contributed by atoms with Crippen molar-refractivity contribution >= 4 is 45.2 Å². The Morgan fingerprint density at radius 2 is 2.05 bits per heavy atom. The topological polar surface area (TPSA) is 98.7 Å². The van der Waals surface area contributed by atoms with E-state index < -0.39 is 24.1 Å². The molecule has 2 amide bonds. The normalized spacial score (nSPS) is 13.5. The summed E-state index contributed by atoms with van der Waals surface area (Å²) >= 11 is 8.99. The van der Waals surface area contributed by atoms with Crippen LogP contribution in [0.2, 0.25) is 5.02 Å². The Kier molecular flexibility index (Phi) is 5.59. The van der Waals surface area contributed by atoms with Crippen molar-refractivity contribution in [1.29, 1.82) is 0 Å². The number of halogens is 2. The third kappa shape index (κ3) is 4.70. The maximum Gasteiger partial charge on any atom is 0.328 e. The van der Waals surface area contributed by atoms with E-state index in [-0.39, 0.29) is 0 Å². The fraction of sp³-hybridized carbons (Fsp3) is 0.273. The molecule has 0 saturated carbocycles. The Balaban J connectivity index is 2.69. The van der Waals surface area contributed by atoms with Crippen LogP contribution in [0.1, 0.15) is 6.92 Å². The summed E-state index contributed by atoms with van der Waals surface area (Å²) in [6.07, 6.45) is -1.21. The van der Waals surface area contributed by atoms with Gasteiger partial charge in [0.1, 0.15) is 0 Å². The number of aliphatic carboxylic acids is 1. The molecule has 1 aromatic rings. The molecule has 1 rings (SSSR count). The predicted octanol–water partition coefficient (Wildman–Crippen LogP) is 2.06. The summed E-state index contributed by atoms with van der Waals surface area (Å²) in [6, 6.07) is 2.59. The van der Waals surface area contributed by atoms with Crippen LogP contribution in [0.4, 0.5) is 10.5 Å².